The number of benzene rings is 2. The molecule has 0 aromatic heterocycles. The Kier molecular flexibility index (Phi) is 3.48. The summed E-state index contributed by atoms with van der Waals surface area (Å²) in [5.74, 6) is 1.06. The number of rotatable bonds is 2. The highest BCUT2D eigenvalue weighted by atomic mass is 16.5. The van der Waals surface area contributed by atoms with Crippen molar-refractivity contribution < 1.29 is 14.3 Å². The molecule has 0 saturated heterocycles. The molecule has 0 saturated carbocycles. The number of carbonyl (C=O) groups excluding carboxylic acids is 1. The summed E-state index contributed by atoms with van der Waals surface area (Å²) in [6, 6.07) is 13.4. The van der Waals surface area contributed by atoms with E-state index in [0.29, 0.717) is 11.3 Å². The molecule has 21 heavy (non-hydrogen) atoms. The van der Waals surface area contributed by atoms with Crippen molar-refractivity contribution in [2.75, 3.05) is 6.61 Å². The van der Waals surface area contributed by atoms with Crippen LogP contribution in [0, 0.1) is 13.8 Å². The maximum absolute atomic E-state index is 12.3. The first-order valence-electron chi connectivity index (χ1n) is 6.86. The molecule has 0 spiro atoms. The number of aryl methyl sites for hydroxylation is 2. The van der Waals surface area contributed by atoms with Crippen LogP contribution >= 0.6 is 0 Å². The lowest BCUT2D eigenvalue weighted by Crippen LogP contribution is -2.20. The van der Waals surface area contributed by atoms with Crippen molar-refractivity contribution in [1.29, 1.82) is 0 Å². The number of esters is 1. The van der Waals surface area contributed by atoms with E-state index in [1.807, 2.05) is 62.4 Å². The monoisotopic (exact) mass is 280 g/mol. The molecule has 0 bridgehead atoms. The molecular weight excluding hydrogens is 264 g/mol. The highest BCUT2D eigenvalue weighted by molar-refractivity contribution is 5.96. The number of hydrogen-bond acceptors (Lipinski definition) is 3. The maximum atomic E-state index is 12.3. The summed E-state index contributed by atoms with van der Waals surface area (Å²) >= 11 is 0. The molecule has 0 unspecified atom stereocenters. The average Bonchev–Trinajstić information content (AvgIpc) is 2.50. The Morgan fingerprint density at radius 3 is 2.52 bits per heavy atom. The van der Waals surface area contributed by atoms with Crippen molar-refractivity contribution >= 4 is 12.0 Å². The van der Waals surface area contributed by atoms with E-state index in [9.17, 15) is 4.79 Å². The summed E-state index contributed by atoms with van der Waals surface area (Å²) in [7, 11) is 0. The van der Waals surface area contributed by atoms with Gasteiger partial charge in [-0.3, -0.25) is 0 Å². The molecule has 2 aromatic carbocycles. The predicted molar refractivity (Wildman–Crippen MR) is 81.5 cm³/mol. The van der Waals surface area contributed by atoms with Gasteiger partial charge in [-0.2, -0.15) is 0 Å². The topological polar surface area (TPSA) is 35.5 Å². The maximum Gasteiger partial charge on any atom is 0.342 e. The van der Waals surface area contributed by atoms with Crippen LogP contribution in [0.1, 0.15) is 16.7 Å². The first-order valence-corrected chi connectivity index (χ1v) is 6.86. The lowest BCUT2D eigenvalue weighted by molar-refractivity contribution is -0.130. The van der Waals surface area contributed by atoms with Crippen LogP contribution in [0.15, 0.2) is 48.0 Å². The lowest BCUT2D eigenvalue weighted by Gasteiger charge is -2.17. The molecule has 0 aliphatic carbocycles. The van der Waals surface area contributed by atoms with E-state index in [-0.39, 0.29) is 12.6 Å². The molecule has 2 aromatic rings. The molecule has 1 aliphatic rings. The van der Waals surface area contributed by atoms with E-state index >= 15 is 0 Å². The molecule has 1 aliphatic heterocycles. The molecule has 3 heteroatoms. The van der Waals surface area contributed by atoms with Crippen LogP contribution in [0.5, 0.6) is 11.5 Å². The summed E-state index contributed by atoms with van der Waals surface area (Å²) in [6.07, 6.45) is 1.83. The molecule has 1 heterocycles. The van der Waals surface area contributed by atoms with Crippen LogP contribution in [0.25, 0.3) is 6.08 Å². The Balaban J connectivity index is 1.86. The zero-order chi connectivity index (χ0) is 14.8. The van der Waals surface area contributed by atoms with Gasteiger partial charge < -0.3 is 9.47 Å². The van der Waals surface area contributed by atoms with Crippen molar-refractivity contribution in [1.82, 2.24) is 0 Å². The fourth-order valence-electron chi connectivity index (χ4n) is 2.35. The summed E-state index contributed by atoms with van der Waals surface area (Å²) in [5.41, 5.74) is 3.32. The minimum absolute atomic E-state index is 0.237. The molecule has 0 radical (unpaired) electrons. The van der Waals surface area contributed by atoms with E-state index in [2.05, 4.69) is 0 Å². The van der Waals surface area contributed by atoms with Crippen LogP contribution in [0.4, 0.5) is 0 Å². The van der Waals surface area contributed by atoms with Gasteiger partial charge in [-0.1, -0.05) is 36.4 Å². The third-order valence-corrected chi connectivity index (χ3v) is 3.50. The molecule has 0 N–H and O–H groups in total. The SMILES string of the molecule is Cc1cccc(C)c1OC(=O)C1=Cc2ccccc2OC1. The second-order valence-corrected chi connectivity index (χ2v) is 5.11. The van der Waals surface area contributed by atoms with Gasteiger partial charge in [-0.05, 0) is 37.1 Å². The number of ether oxygens (including phenoxy) is 2. The zero-order valence-corrected chi connectivity index (χ0v) is 12.1. The number of carbonyl (C=O) groups is 1. The first-order chi connectivity index (χ1) is 10.1. The van der Waals surface area contributed by atoms with Gasteiger partial charge in [0.15, 0.2) is 0 Å². The quantitative estimate of drug-likeness (QED) is 0.621. The summed E-state index contributed by atoms with van der Waals surface area (Å²) in [4.78, 5) is 12.3. The largest absolute Gasteiger partial charge is 0.488 e. The standard InChI is InChI=1S/C18H16O3/c1-12-6-5-7-13(2)17(12)21-18(19)15-10-14-8-3-4-9-16(14)20-11-15/h3-10H,11H2,1-2H3. The van der Waals surface area contributed by atoms with Gasteiger partial charge in [-0.25, -0.2) is 4.79 Å². The average molecular weight is 280 g/mol. The van der Waals surface area contributed by atoms with Crippen LogP contribution in [-0.2, 0) is 4.79 Å². The Morgan fingerprint density at radius 1 is 1.05 bits per heavy atom. The molecule has 0 fully saturated rings. The van der Waals surface area contributed by atoms with Gasteiger partial charge in [0.25, 0.3) is 0 Å². The second-order valence-electron chi connectivity index (χ2n) is 5.11. The predicted octanol–water partition coefficient (Wildman–Crippen LogP) is 3.68. The van der Waals surface area contributed by atoms with Crippen LogP contribution < -0.4 is 9.47 Å². The normalized spacial score (nSPS) is 13.0. The fraction of sp³-hybridized carbons (Fsp3) is 0.167. The first kappa shape index (κ1) is 13.4. The number of para-hydroxylation sites is 2. The molecule has 3 rings (SSSR count). The zero-order valence-electron chi connectivity index (χ0n) is 12.1. The van der Waals surface area contributed by atoms with Crippen molar-refractivity contribution in [2.45, 2.75) is 13.8 Å². The third-order valence-electron chi connectivity index (χ3n) is 3.50. The van der Waals surface area contributed by atoms with Gasteiger partial charge in [0.05, 0.1) is 5.57 Å². The van der Waals surface area contributed by atoms with Gasteiger partial charge in [-0.15, -0.1) is 0 Å². The minimum atomic E-state index is -0.359. The minimum Gasteiger partial charge on any atom is -0.488 e. The Labute approximate surface area is 123 Å². The summed E-state index contributed by atoms with van der Waals surface area (Å²) in [5, 5.41) is 0. The lowest BCUT2D eigenvalue weighted by atomic mass is 10.1. The second kappa shape index (κ2) is 5.44. The van der Waals surface area contributed by atoms with Crippen molar-refractivity contribution in [3.63, 3.8) is 0 Å². The molecule has 3 nitrogen and oxygen atoms in total. The summed E-state index contributed by atoms with van der Waals surface area (Å²) < 4.78 is 11.1. The molecule has 106 valence electrons. The van der Waals surface area contributed by atoms with Gasteiger partial charge in [0.1, 0.15) is 18.1 Å². The smallest absolute Gasteiger partial charge is 0.342 e. The van der Waals surface area contributed by atoms with Crippen molar-refractivity contribution in [3.05, 3.63) is 64.7 Å². The highest BCUT2D eigenvalue weighted by Gasteiger charge is 2.19. The van der Waals surface area contributed by atoms with Gasteiger partial charge >= 0.3 is 5.97 Å². The number of fused-ring (bicyclic) bond motifs is 1. The summed E-state index contributed by atoms with van der Waals surface area (Å²) in [6.45, 7) is 4.09. The molecular formula is C18H16O3. The van der Waals surface area contributed by atoms with Crippen LogP contribution in [0.2, 0.25) is 0 Å². The van der Waals surface area contributed by atoms with Gasteiger partial charge in [0.2, 0.25) is 0 Å². The third kappa shape index (κ3) is 2.68. The highest BCUT2D eigenvalue weighted by Crippen LogP contribution is 2.28. The van der Waals surface area contributed by atoms with E-state index < -0.39 is 0 Å². The fourth-order valence-corrected chi connectivity index (χ4v) is 2.35. The van der Waals surface area contributed by atoms with E-state index in [1.165, 1.54) is 0 Å². The Hall–Kier alpha value is -2.55. The van der Waals surface area contributed by atoms with E-state index in [1.54, 1.807) is 0 Å². The van der Waals surface area contributed by atoms with Crippen LogP contribution in [0.3, 0.4) is 0 Å². The van der Waals surface area contributed by atoms with Crippen molar-refractivity contribution in [2.24, 2.45) is 0 Å². The Bertz CT molecular complexity index is 709. The molecule has 0 atom stereocenters. The van der Waals surface area contributed by atoms with Crippen LogP contribution in [-0.4, -0.2) is 12.6 Å². The van der Waals surface area contributed by atoms with Gasteiger partial charge in [0, 0.05) is 5.56 Å². The Morgan fingerprint density at radius 2 is 1.76 bits per heavy atom. The van der Waals surface area contributed by atoms with Crippen molar-refractivity contribution in [3.8, 4) is 11.5 Å². The van der Waals surface area contributed by atoms with E-state index in [0.717, 1.165) is 22.4 Å². The number of hydrogen-bond donors (Lipinski definition) is 0. The van der Waals surface area contributed by atoms with E-state index in [4.69, 9.17) is 9.47 Å². The molecule has 0 amide bonds.